The quantitative estimate of drug-likeness (QED) is 0.897. The molecule has 1 aromatic heterocycles. The fourth-order valence-electron chi connectivity index (χ4n) is 2.83. The maximum atomic E-state index is 6.29. The van der Waals surface area contributed by atoms with Crippen LogP contribution in [0.2, 0.25) is 0 Å². The van der Waals surface area contributed by atoms with Gasteiger partial charge in [-0.05, 0) is 11.6 Å². The van der Waals surface area contributed by atoms with Gasteiger partial charge in [-0.2, -0.15) is 5.10 Å². The van der Waals surface area contributed by atoms with Gasteiger partial charge in [0, 0.05) is 44.0 Å². The predicted octanol–water partition coefficient (Wildman–Crippen LogP) is 1.31. The van der Waals surface area contributed by atoms with Crippen molar-refractivity contribution < 1.29 is 0 Å². The third-order valence-electron chi connectivity index (χ3n) is 3.87. The molecule has 2 N–H and O–H groups in total. The second-order valence-corrected chi connectivity index (χ2v) is 5.21. The number of hydrogen-bond donors (Lipinski definition) is 1. The Hall–Kier alpha value is -1.65. The Kier molecular flexibility index (Phi) is 3.62. The Bertz CT molecular complexity index is 494. The van der Waals surface area contributed by atoms with Gasteiger partial charge >= 0.3 is 0 Å². The summed E-state index contributed by atoms with van der Waals surface area (Å²) in [5, 5.41) is 4.23. The molecule has 4 heteroatoms. The van der Waals surface area contributed by atoms with Crippen LogP contribution < -0.4 is 5.73 Å². The summed E-state index contributed by atoms with van der Waals surface area (Å²) in [5.74, 6) is 0.457. The molecule has 0 amide bonds. The average molecular weight is 256 g/mol. The normalized spacial score (nSPS) is 23.8. The van der Waals surface area contributed by atoms with E-state index in [2.05, 4.69) is 40.3 Å². The van der Waals surface area contributed by atoms with Crippen molar-refractivity contribution in [2.45, 2.75) is 18.5 Å². The lowest BCUT2D eigenvalue weighted by atomic mass is 9.95. The molecule has 1 aliphatic heterocycles. The van der Waals surface area contributed by atoms with E-state index in [0.29, 0.717) is 5.92 Å². The molecule has 0 saturated carbocycles. The molecule has 0 spiro atoms. The summed E-state index contributed by atoms with van der Waals surface area (Å²) >= 11 is 0. The fourth-order valence-corrected chi connectivity index (χ4v) is 2.83. The zero-order valence-electron chi connectivity index (χ0n) is 11.0. The molecule has 1 aromatic carbocycles. The predicted molar refractivity (Wildman–Crippen MR) is 75.8 cm³/mol. The average Bonchev–Trinajstić information content (AvgIpc) is 3.07. The van der Waals surface area contributed by atoms with Crippen LogP contribution in [0.5, 0.6) is 0 Å². The van der Waals surface area contributed by atoms with Gasteiger partial charge in [-0.15, -0.1) is 0 Å². The Morgan fingerprint density at radius 3 is 2.68 bits per heavy atom. The summed E-state index contributed by atoms with van der Waals surface area (Å²) in [4.78, 5) is 2.43. The van der Waals surface area contributed by atoms with Crippen LogP contribution in [0.1, 0.15) is 11.5 Å². The lowest BCUT2D eigenvalue weighted by molar-refractivity contribution is 0.309. The first kappa shape index (κ1) is 12.4. The summed E-state index contributed by atoms with van der Waals surface area (Å²) in [6.07, 6.45) is 3.83. The second kappa shape index (κ2) is 5.55. The Labute approximate surface area is 113 Å². The third kappa shape index (κ3) is 2.85. The largest absolute Gasteiger partial charge is 0.326 e. The zero-order chi connectivity index (χ0) is 13.1. The summed E-state index contributed by atoms with van der Waals surface area (Å²) in [6, 6.07) is 12.8. The van der Waals surface area contributed by atoms with Gasteiger partial charge in [0.25, 0.3) is 0 Å². The number of aromatic nitrogens is 2. The maximum Gasteiger partial charge on any atom is 0.0536 e. The molecular formula is C15H20N4. The van der Waals surface area contributed by atoms with Crippen molar-refractivity contribution in [3.63, 3.8) is 0 Å². The highest BCUT2D eigenvalue weighted by atomic mass is 15.3. The Balaban J connectivity index is 1.59. The van der Waals surface area contributed by atoms with Crippen molar-refractivity contribution in [3.8, 4) is 0 Å². The van der Waals surface area contributed by atoms with E-state index >= 15 is 0 Å². The van der Waals surface area contributed by atoms with Gasteiger partial charge in [0.1, 0.15) is 0 Å². The minimum Gasteiger partial charge on any atom is -0.326 e. The minimum absolute atomic E-state index is 0.236. The maximum absolute atomic E-state index is 6.29. The number of benzene rings is 1. The molecule has 1 fully saturated rings. The van der Waals surface area contributed by atoms with Crippen molar-refractivity contribution in [2.75, 3.05) is 19.6 Å². The summed E-state index contributed by atoms with van der Waals surface area (Å²) in [6.45, 7) is 3.97. The summed E-state index contributed by atoms with van der Waals surface area (Å²) in [5.41, 5.74) is 7.64. The van der Waals surface area contributed by atoms with E-state index in [1.165, 1.54) is 5.56 Å². The summed E-state index contributed by atoms with van der Waals surface area (Å²) < 4.78 is 1.97. The Morgan fingerprint density at radius 1 is 1.11 bits per heavy atom. The van der Waals surface area contributed by atoms with Crippen molar-refractivity contribution in [2.24, 2.45) is 5.73 Å². The molecule has 19 heavy (non-hydrogen) atoms. The molecule has 1 aliphatic rings. The molecule has 2 atom stereocenters. The van der Waals surface area contributed by atoms with Crippen molar-refractivity contribution in [1.29, 1.82) is 0 Å². The van der Waals surface area contributed by atoms with Gasteiger partial charge in [-0.3, -0.25) is 9.58 Å². The molecule has 2 aromatic rings. The third-order valence-corrected chi connectivity index (χ3v) is 3.87. The van der Waals surface area contributed by atoms with Crippen LogP contribution in [0.3, 0.4) is 0 Å². The van der Waals surface area contributed by atoms with E-state index in [1.807, 2.05) is 23.1 Å². The summed E-state index contributed by atoms with van der Waals surface area (Å²) in [7, 11) is 0. The Morgan fingerprint density at radius 2 is 1.95 bits per heavy atom. The number of nitrogens with zero attached hydrogens (tertiary/aromatic N) is 3. The van der Waals surface area contributed by atoms with Gasteiger partial charge < -0.3 is 5.73 Å². The first-order valence-electron chi connectivity index (χ1n) is 6.83. The number of hydrogen-bond acceptors (Lipinski definition) is 3. The molecular weight excluding hydrogens is 236 g/mol. The SMILES string of the molecule is N[C@@H]1CN(CCn2cccn2)C[C@H]1c1ccccc1. The van der Waals surface area contributed by atoms with Crippen LogP contribution in [0.15, 0.2) is 48.8 Å². The molecule has 2 heterocycles. The lowest BCUT2D eigenvalue weighted by Gasteiger charge is -2.16. The van der Waals surface area contributed by atoms with Gasteiger partial charge in [0.05, 0.1) is 6.54 Å². The standard InChI is InChI=1S/C15H20N4/c16-15-12-18(9-10-19-8-4-7-17-19)11-14(15)13-5-2-1-3-6-13/h1-8,14-15H,9-12,16H2/t14-,15+/m0/s1. The van der Waals surface area contributed by atoms with Crippen LogP contribution in [0, 0.1) is 0 Å². The molecule has 0 radical (unpaired) electrons. The molecule has 1 saturated heterocycles. The molecule has 3 rings (SSSR count). The first-order chi connectivity index (χ1) is 9.33. The lowest BCUT2D eigenvalue weighted by Crippen LogP contribution is -2.30. The zero-order valence-corrected chi connectivity index (χ0v) is 11.0. The van der Waals surface area contributed by atoms with E-state index in [4.69, 9.17) is 5.73 Å². The van der Waals surface area contributed by atoms with Crippen molar-refractivity contribution >= 4 is 0 Å². The van der Waals surface area contributed by atoms with E-state index in [0.717, 1.165) is 26.2 Å². The van der Waals surface area contributed by atoms with E-state index in [-0.39, 0.29) is 6.04 Å². The van der Waals surface area contributed by atoms with Crippen LogP contribution >= 0.6 is 0 Å². The molecule has 0 aliphatic carbocycles. The van der Waals surface area contributed by atoms with Gasteiger partial charge in [0.15, 0.2) is 0 Å². The van der Waals surface area contributed by atoms with Gasteiger partial charge in [-0.1, -0.05) is 30.3 Å². The van der Waals surface area contributed by atoms with Crippen LogP contribution in [0.4, 0.5) is 0 Å². The van der Waals surface area contributed by atoms with Crippen LogP contribution in [-0.2, 0) is 6.54 Å². The molecule has 0 bridgehead atoms. The van der Waals surface area contributed by atoms with Crippen molar-refractivity contribution in [1.82, 2.24) is 14.7 Å². The molecule has 4 nitrogen and oxygen atoms in total. The van der Waals surface area contributed by atoms with Crippen LogP contribution in [0.25, 0.3) is 0 Å². The molecule has 100 valence electrons. The van der Waals surface area contributed by atoms with E-state index < -0.39 is 0 Å². The van der Waals surface area contributed by atoms with Gasteiger partial charge in [0.2, 0.25) is 0 Å². The van der Waals surface area contributed by atoms with Crippen LogP contribution in [-0.4, -0.2) is 40.4 Å². The molecule has 0 unspecified atom stereocenters. The highest BCUT2D eigenvalue weighted by Crippen LogP contribution is 2.25. The minimum atomic E-state index is 0.236. The highest BCUT2D eigenvalue weighted by Gasteiger charge is 2.30. The van der Waals surface area contributed by atoms with E-state index in [1.54, 1.807) is 0 Å². The second-order valence-electron chi connectivity index (χ2n) is 5.21. The first-order valence-corrected chi connectivity index (χ1v) is 6.83. The van der Waals surface area contributed by atoms with E-state index in [9.17, 15) is 0 Å². The van der Waals surface area contributed by atoms with Gasteiger partial charge in [-0.25, -0.2) is 0 Å². The number of likely N-dealkylation sites (tertiary alicyclic amines) is 1. The highest BCUT2D eigenvalue weighted by molar-refractivity contribution is 5.23. The number of rotatable bonds is 4. The fraction of sp³-hybridized carbons (Fsp3) is 0.400. The van der Waals surface area contributed by atoms with Crippen molar-refractivity contribution in [3.05, 3.63) is 54.4 Å². The smallest absolute Gasteiger partial charge is 0.0536 e. The monoisotopic (exact) mass is 256 g/mol. The number of nitrogens with two attached hydrogens (primary N) is 1. The topological polar surface area (TPSA) is 47.1 Å².